The number of allylic oxidation sites excluding steroid dienone is 8. The largest absolute Gasteiger partial charge is 0.0729 e. The van der Waals surface area contributed by atoms with E-state index < -0.39 is 0 Å². The zero-order valence-corrected chi connectivity index (χ0v) is 8.93. The molecule has 0 N–H and O–H groups in total. The molecular weight excluding hydrogens is 168 g/mol. The van der Waals surface area contributed by atoms with E-state index in [0.29, 0.717) is 5.92 Å². The van der Waals surface area contributed by atoms with Crippen molar-refractivity contribution in [3.8, 4) is 0 Å². The van der Waals surface area contributed by atoms with E-state index in [9.17, 15) is 0 Å². The molecule has 72 valence electrons. The number of hydrogen-bond acceptors (Lipinski definition) is 0. The molecule has 3 aliphatic carbocycles. The Morgan fingerprint density at radius 1 is 1.14 bits per heavy atom. The lowest BCUT2D eigenvalue weighted by atomic mass is 9.79. The SMILES string of the molecule is CC1=C2CCCC2=C(C)C2C=CC=C12. The van der Waals surface area contributed by atoms with Crippen LogP contribution >= 0.6 is 0 Å². The highest BCUT2D eigenvalue weighted by atomic mass is 14.3. The molecule has 0 aromatic carbocycles. The molecule has 0 aliphatic heterocycles. The molecule has 0 amide bonds. The Morgan fingerprint density at radius 3 is 2.79 bits per heavy atom. The Balaban J connectivity index is 2.23. The lowest BCUT2D eigenvalue weighted by Gasteiger charge is -2.26. The molecule has 0 spiro atoms. The van der Waals surface area contributed by atoms with Crippen LogP contribution in [-0.4, -0.2) is 0 Å². The number of rotatable bonds is 0. The minimum Gasteiger partial charge on any atom is -0.0729 e. The van der Waals surface area contributed by atoms with Gasteiger partial charge in [0.15, 0.2) is 0 Å². The maximum Gasteiger partial charge on any atom is 0.0237 e. The Hall–Kier alpha value is -1.04. The van der Waals surface area contributed by atoms with Crippen molar-refractivity contribution in [3.05, 3.63) is 46.1 Å². The van der Waals surface area contributed by atoms with E-state index in [1.54, 1.807) is 27.9 Å². The number of hydrogen-bond donors (Lipinski definition) is 0. The second kappa shape index (κ2) is 2.73. The summed E-state index contributed by atoms with van der Waals surface area (Å²) in [6.07, 6.45) is 10.8. The van der Waals surface area contributed by atoms with Crippen molar-refractivity contribution in [3.63, 3.8) is 0 Å². The summed E-state index contributed by atoms with van der Waals surface area (Å²) in [5.41, 5.74) is 8.08. The monoisotopic (exact) mass is 184 g/mol. The van der Waals surface area contributed by atoms with E-state index in [2.05, 4.69) is 32.1 Å². The maximum absolute atomic E-state index is 2.34. The molecule has 0 aromatic rings. The third-order valence-electron chi connectivity index (χ3n) is 3.96. The fourth-order valence-electron chi connectivity index (χ4n) is 3.17. The van der Waals surface area contributed by atoms with E-state index in [1.807, 2.05) is 0 Å². The van der Waals surface area contributed by atoms with Gasteiger partial charge in [0.2, 0.25) is 0 Å². The summed E-state index contributed by atoms with van der Waals surface area (Å²) in [4.78, 5) is 0. The summed E-state index contributed by atoms with van der Waals surface area (Å²) in [5.74, 6) is 0.617. The predicted octanol–water partition coefficient (Wildman–Crippen LogP) is 3.93. The highest BCUT2D eigenvalue weighted by Crippen LogP contribution is 2.47. The van der Waals surface area contributed by atoms with Gasteiger partial charge in [-0.05, 0) is 55.4 Å². The molecular formula is C14H16. The molecule has 1 unspecified atom stereocenters. The Morgan fingerprint density at radius 2 is 1.93 bits per heavy atom. The van der Waals surface area contributed by atoms with Crippen molar-refractivity contribution in [2.24, 2.45) is 5.92 Å². The van der Waals surface area contributed by atoms with Crippen LogP contribution in [0, 0.1) is 5.92 Å². The summed E-state index contributed by atoms with van der Waals surface area (Å²) in [7, 11) is 0. The van der Waals surface area contributed by atoms with Crippen LogP contribution in [0.25, 0.3) is 0 Å². The molecule has 0 aromatic heterocycles. The first-order valence-electron chi connectivity index (χ1n) is 5.57. The minimum atomic E-state index is 0.617. The molecule has 1 fully saturated rings. The van der Waals surface area contributed by atoms with Gasteiger partial charge in [0, 0.05) is 5.92 Å². The molecule has 3 aliphatic rings. The predicted molar refractivity (Wildman–Crippen MR) is 60.0 cm³/mol. The van der Waals surface area contributed by atoms with Gasteiger partial charge in [-0.15, -0.1) is 0 Å². The first kappa shape index (κ1) is 8.28. The summed E-state index contributed by atoms with van der Waals surface area (Å²) in [5, 5.41) is 0. The highest BCUT2D eigenvalue weighted by molar-refractivity contribution is 5.59. The summed E-state index contributed by atoms with van der Waals surface area (Å²) in [6.45, 7) is 4.63. The van der Waals surface area contributed by atoms with E-state index in [-0.39, 0.29) is 0 Å². The van der Waals surface area contributed by atoms with Crippen molar-refractivity contribution in [1.82, 2.24) is 0 Å². The Bertz CT molecular complexity index is 411. The topological polar surface area (TPSA) is 0 Å². The van der Waals surface area contributed by atoms with Gasteiger partial charge >= 0.3 is 0 Å². The lowest BCUT2D eigenvalue weighted by molar-refractivity contribution is 0.864. The molecule has 14 heavy (non-hydrogen) atoms. The smallest absolute Gasteiger partial charge is 0.0237 e. The van der Waals surface area contributed by atoms with Crippen LogP contribution in [0.4, 0.5) is 0 Å². The molecule has 0 radical (unpaired) electrons. The zero-order chi connectivity index (χ0) is 9.71. The average Bonchev–Trinajstić information content (AvgIpc) is 2.82. The van der Waals surface area contributed by atoms with Crippen molar-refractivity contribution in [1.29, 1.82) is 0 Å². The van der Waals surface area contributed by atoms with Crippen molar-refractivity contribution >= 4 is 0 Å². The van der Waals surface area contributed by atoms with Gasteiger partial charge in [-0.3, -0.25) is 0 Å². The Labute approximate surface area is 85.7 Å². The van der Waals surface area contributed by atoms with Crippen molar-refractivity contribution < 1.29 is 0 Å². The summed E-state index contributed by atoms with van der Waals surface area (Å²) in [6, 6.07) is 0. The molecule has 3 rings (SSSR count). The third-order valence-corrected chi connectivity index (χ3v) is 3.96. The zero-order valence-electron chi connectivity index (χ0n) is 8.93. The van der Waals surface area contributed by atoms with Gasteiger partial charge in [0.05, 0.1) is 0 Å². The first-order chi connectivity index (χ1) is 6.79. The third kappa shape index (κ3) is 0.890. The average molecular weight is 184 g/mol. The quantitative estimate of drug-likeness (QED) is 0.535. The van der Waals surface area contributed by atoms with E-state index in [0.717, 1.165) is 0 Å². The lowest BCUT2D eigenvalue weighted by Crippen LogP contribution is -2.10. The summed E-state index contributed by atoms with van der Waals surface area (Å²) < 4.78 is 0. The molecule has 0 heteroatoms. The minimum absolute atomic E-state index is 0.617. The Kier molecular flexibility index (Phi) is 1.61. The summed E-state index contributed by atoms with van der Waals surface area (Å²) >= 11 is 0. The molecule has 0 saturated heterocycles. The second-order valence-corrected chi connectivity index (χ2v) is 4.60. The van der Waals surface area contributed by atoms with Crippen LogP contribution in [0.1, 0.15) is 33.1 Å². The van der Waals surface area contributed by atoms with Crippen LogP contribution in [0.15, 0.2) is 46.1 Å². The standard InChI is InChI=1S/C14H16/c1-9-11-5-3-7-13(11)10(2)14-8-4-6-12(9)14/h3,5,7,11H,4,6,8H2,1-2H3. The van der Waals surface area contributed by atoms with Crippen LogP contribution in [-0.2, 0) is 0 Å². The van der Waals surface area contributed by atoms with Gasteiger partial charge in [0.25, 0.3) is 0 Å². The fourth-order valence-corrected chi connectivity index (χ4v) is 3.17. The highest BCUT2D eigenvalue weighted by Gasteiger charge is 2.30. The second-order valence-electron chi connectivity index (χ2n) is 4.60. The van der Waals surface area contributed by atoms with Gasteiger partial charge < -0.3 is 0 Å². The van der Waals surface area contributed by atoms with Crippen LogP contribution in [0.5, 0.6) is 0 Å². The van der Waals surface area contributed by atoms with Crippen LogP contribution in [0.2, 0.25) is 0 Å². The van der Waals surface area contributed by atoms with Crippen molar-refractivity contribution in [2.75, 3.05) is 0 Å². The molecule has 0 heterocycles. The maximum atomic E-state index is 2.34. The molecule has 1 atom stereocenters. The van der Waals surface area contributed by atoms with Gasteiger partial charge in [0.1, 0.15) is 0 Å². The molecule has 1 saturated carbocycles. The van der Waals surface area contributed by atoms with Gasteiger partial charge in [-0.25, -0.2) is 0 Å². The molecule has 0 bridgehead atoms. The van der Waals surface area contributed by atoms with E-state index >= 15 is 0 Å². The van der Waals surface area contributed by atoms with E-state index in [4.69, 9.17) is 0 Å². The van der Waals surface area contributed by atoms with Gasteiger partial charge in [-0.1, -0.05) is 23.8 Å². The number of fused-ring (bicyclic) bond motifs is 2. The fraction of sp³-hybridized carbons (Fsp3) is 0.429. The molecule has 0 nitrogen and oxygen atoms in total. The normalized spacial score (nSPS) is 29.6. The van der Waals surface area contributed by atoms with Crippen LogP contribution < -0.4 is 0 Å². The first-order valence-corrected chi connectivity index (χ1v) is 5.57. The van der Waals surface area contributed by atoms with Gasteiger partial charge in [-0.2, -0.15) is 0 Å². The van der Waals surface area contributed by atoms with Crippen LogP contribution in [0.3, 0.4) is 0 Å². The van der Waals surface area contributed by atoms with Crippen molar-refractivity contribution in [2.45, 2.75) is 33.1 Å². The van der Waals surface area contributed by atoms with E-state index in [1.165, 1.54) is 19.3 Å².